The van der Waals surface area contributed by atoms with E-state index in [-0.39, 0.29) is 22.0 Å². The minimum atomic E-state index is -1.11. The third-order valence-electron chi connectivity index (χ3n) is 4.88. The summed E-state index contributed by atoms with van der Waals surface area (Å²) in [4.78, 5) is 38.0. The molecule has 176 valence electrons. The molecular weight excluding hydrogens is 499 g/mol. The summed E-state index contributed by atoms with van der Waals surface area (Å²) in [6.45, 7) is 1.44. The first kappa shape index (κ1) is 25.6. The first-order valence-electron chi connectivity index (χ1n) is 10.3. The number of anilines is 1. The van der Waals surface area contributed by atoms with Gasteiger partial charge in [-0.3, -0.25) is 14.4 Å². The van der Waals surface area contributed by atoms with Crippen molar-refractivity contribution in [3.8, 4) is 0 Å². The van der Waals surface area contributed by atoms with Crippen LogP contribution < -0.4 is 10.6 Å². The predicted molar refractivity (Wildman–Crippen MR) is 133 cm³/mol. The molecule has 0 radical (unpaired) electrons. The summed E-state index contributed by atoms with van der Waals surface area (Å²) in [5.41, 5.74) is 1.28. The summed E-state index contributed by atoms with van der Waals surface area (Å²) in [7, 11) is 0. The first-order chi connectivity index (χ1) is 16.3. The zero-order valence-corrected chi connectivity index (χ0v) is 20.3. The molecule has 0 heterocycles. The van der Waals surface area contributed by atoms with Crippen molar-refractivity contribution in [1.29, 1.82) is 0 Å². The van der Waals surface area contributed by atoms with Crippen LogP contribution in [0.5, 0.6) is 0 Å². The van der Waals surface area contributed by atoms with Gasteiger partial charge in [0.25, 0.3) is 11.8 Å². The Morgan fingerprint density at radius 2 is 1.50 bits per heavy atom. The van der Waals surface area contributed by atoms with Gasteiger partial charge in [0.2, 0.25) is 0 Å². The van der Waals surface area contributed by atoms with Crippen LogP contribution in [0.3, 0.4) is 0 Å². The zero-order chi connectivity index (χ0) is 24.7. The third-order valence-corrected chi connectivity index (χ3v) is 6.03. The summed E-state index contributed by atoms with van der Waals surface area (Å²) >= 11 is 18.2. The van der Waals surface area contributed by atoms with Crippen molar-refractivity contribution < 1.29 is 19.1 Å². The van der Waals surface area contributed by atoms with Crippen molar-refractivity contribution >= 4 is 58.3 Å². The lowest BCUT2D eigenvalue weighted by molar-refractivity contribution is -0.153. The lowest BCUT2D eigenvalue weighted by Gasteiger charge is -2.20. The van der Waals surface area contributed by atoms with E-state index in [9.17, 15) is 14.4 Å². The van der Waals surface area contributed by atoms with Gasteiger partial charge >= 0.3 is 5.97 Å². The van der Waals surface area contributed by atoms with E-state index in [0.717, 1.165) is 0 Å². The molecule has 34 heavy (non-hydrogen) atoms. The second-order valence-electron chi connectivity index (χ2n) is 7.34. The van der Waals surface area contributed by atoms with Gasteiger partial charge in [-0.05, 0) is 36.8 Å². The number of rotatable bonds is 8. The lowest BCUT2D eigenvalue weighted by Crippen LogP contribution is -2.34. The number of carbonyl (C=O) groups is 3. The third kappa shape index (κ3) is 6.73. The molecule has 9 heteroatoms. The van der Waals surface area contributed by atoms with E-state index >= 15 is 0 Å². The molecule has 0 saturated carbocycles. The van der Waals surface area contributed by atoms with E-state index < -0.39 is 29.9 Å². The second-order valence-corrected chi connectivity index (χ2v) is 8.54. The molecule has 0 bridgehead atoms. The van der Waals surface area contributed by atoms with Crippen molar-refractivity contribution in [3.05, 3.63) is 99.0 Å². The number of nitrogens with one attached hydrogen (secondary N) is 2. The monoisotopic (exact) mass is 518 g/mol. The molecule has 0 aliphatic rings. The van der Waals surface area contributed by atoms with Crippen LogP contribution in [0.25, 0.3) is 0 Å². The van der Waals surface area contributed by atoms with Crippen molar-refractivity contribution in [1.82, 2.24) is 5.32 Å². The molecule has 2 N–H and O–H groups in total. The van der Waals surface area contributed by atoms with Crippen LogP contribution in [0.1, 0.15) is 35.3 Å². The molecular formula is C25H21Cl3N2O4. The van der Waals surface area contributed by atoms with Crippen LogP contribution in [-0.2, 0) is 14.3 Å². The Hall–Kier alpha value is -3.06. The Morgan fingerprint density at radius 3 is 2.21 bits per heavy atom. The van der Waals surface area contributed by atoms with Crippen molar-refractivity contribution in [3.63, 3.8) is 0 Å². The first-order valence-corrected chi connectivity index (χ1v) is 11.4. The maximum absolute atomic E-state index is 12.8. The Morgan fingerprint density at radius 1 is 0.853 bits per heavy atom. The van der Waals surface area contributed by atoms with Gasteiger partial charge in [-0.2, -0.15) is 0 Å². The molecule has 0 unspecified atom stereocenters. The molecule has 3 rings (SSSR count). The van der Waals surface area contributed by atoms with E-state index in [1.165, 1.54) is 6.92 Å². The molecule has 0 fully saturated rings. The van der Waals surface area contributed by atoms with Crippen LogP contribution in [0.15, 0.2) is 72.8 Å². The van der Waals surface area contributed by atoms with Gasteiger partial charge < -0.3 is 15.4 Å². The predicted octanol–water partition coefficient (Wildman–Crippen LogP) is 6.08. The number of carbonyl (C=O) groups excluding carboxylic acids is 3. The van der Waals surface area contributed by atoms with Gasteiger partial charge in [-0.25, -0.2) is 0 Å². The van der Waals surface area contributed by atoms with Gasteiger partial charge in [-0.15, -0.1) is 0 Å². The highest BCUT2D eigenvalue weighted by atomic mass is 35.5. The maximum atomic E-state index is 12.8. The van der Waals surface area contributed by atoms with E-state index in [2.05, 4.69) is 10.6 Å². The van der Waals surface area contributed by atoms with Crippen LogP contribution in [-0.4, -0.2) is 23.9 Å². The summed E-state index contributed by atoms with van der Waals surface area (Å²) in [5.74, 6) is -1.68. The topological polar surface area (TPSA) is 84.5 Å². The molecule has 2 amide bonds. The smallest absolute Gasteiger partial charge is 0.309 e. The number of amides is 2. The fourth-order valence-corrected chi connectivity index (χ4v) is 3.69. The minimum absolute atomic E-state index is 0.183. The van der Waals surface area contributed by atoms with Gasteiger partial charge in [0.1, 0.15) is 0 Å². The number of benzene rings is 3. The highest BCUT2D eigenvalue weighted by Gasteiger charge is 2.24. The number of hydrogen-bond acceptors (Lipinski definition) is 4. The fraction of sp³-hybridized carbons (Fsp3) is 0.160. The average Bonchev–Trinajstić information content (AvgIpc) is 2.82. The number of hydrogen-bond donors (Lipinski definition) is 2. The van der Waals surface area contributed by atoms with E-state index in [0.29, 0.717) is 16.3 Å². The van der Waals surface area contributed by atoms with Gasteiger partial charge in [0.05, 0.1) is 38.8 Å². The van der Waals surface area contributed by atoms with Crippen molar-refractivity contribution in [2.75, 3.05) is 5.32 Å². The van der Waals surface area contributed by atoms with Gasteiger partial charge in [0.15, 0.2) is 6.10 Å². The average molecular weight is 520 g/mol. The largest absolute Gasteiger partial charge is 0.452 e. The normalized spacial score (nSPS) is 12.4. The van der Waals surface area contributed by atoms with E-state index in [1.54, 1.807) is 66.7 Å². The Balaban J connectivity index is 1.68. The Labute approximate surface area is 212 Å². The minimum Gasteiger partial charge on any atom is -0.452 e. The van der Waals surface area contributed by atoms with Crippen LogP contribution in [0.2, 0.25) is 15.1 Å². The molecule has 6 nitrogen and oxygen atoms in total. The van der Waals surface area contributed by atoms with Crippen LogP contribution >= 0.6 is 34.8 Å². The summed E-state index contributed by atoms with van der Waals surface area (Å²) in [6, 6.07) is 19.7. The maximum Gasteiger partial charge on any atom is 0.309 e. The van der Waals surface area contributed by atoms with Gasteiger partial charge in [0, 0.05) is 0 Å². The SMILES string of the molecule is C[C@H](OC(=O)C[C@H](NC(=O)c1ccccc1Cl)c1ccccc1)C(=O)Nc1cccc(Cl)c1Cl. The second kappa shape index (κ2) is 11.9. The molecule has 2 atom stereocenters. The van der Waals surface area contributed by atoms with Crippen LogP contribution in [0, 0.1) is 0 Å². The molecule has 3 aromatic carbocycles. The summed E-state index contributed by atoms with van der Waals surface area (Å²) in [6.07, 6.45) is -1.31. The van der Waals surface area contributed by atoms with Crippen molar-refractivity contribution in [2.24, 2.45) is 0 Å². The van der Waals surface area contributed by atoms with E-state index in [4.69, 9.17) is 39.5 Å². The number of esters is 1. The van der Waals surface area contributed by atoms with Crippen molar-refractivity contribution in [2.45, 2.75) is 25.5 Å². The van der Waals surface area contributed by atoms with E-state index in [1.807, 2.05) is 6.07 Å². The molecule has 0 aliphatic heterocycles. The molecule has 0 aromatic heterocycles. The molecule has 0 aliphatic carbocycles. The number of ether oxygens (including phenoxy) is 1. The summed E-state index contributed by atoms with van der Waals surface area (Å²) < 4.78 is 5.31. The summed E-state index contributed by atoms with van der Waals surface area (Å²) in [5, 5.41) is 6.16. The lowest BCUT2D eigenvalue weighted by atomic mass is 10.0. The molecule has 0 spiro atoms. The van der Waals surface area contributed by atoms with Crippen LogP contribution in [0.4, 0.5) is 5.69 Å². The quantitative estimate of drug-likeness (QED) is 0.353. The molecule has 0 saturated heterocycles. The Bertz CT molecular complexity index is 1190. The zero-order valence-electron chi connectivity index (χ0n) is 18.1. The highest BCUT2D eigenvalue weighted by Crippen LogP contribution is 2.29. The number of halogens is 3. The van der Waals surface area contributed by atoms with Gasteiger partial charge in [-0.1, -0.05) is 83.3 Å². The highest BCUT2D eigenvalue weighted by molar-refractivity contribution is 6.44. The fourth-order valence-electron chi connectivity index (χ4n) is 3.12. The standard InChI is InChI=1S/C25H21Cl3N2O4/c1-15(24(32)29-20-13-7-12-19(27)23(20)28)34-22(31)14-21(16-8-3-2-4-9-16)30-25(33)17-10-5-6-11-18(17)26/h2-13,15,21H,14H2,1H3,(H,29,32)(H,30,33)/t15-,21-/m0/s1. The molecule has 3 aromatic rings. The Kier molecular flexibility index (Phi) is 8.93.